The number of hydrogen-bond donors (Lipinski definition) is 1. The van der Waals surface area contributed by atoms with Crippen LogP contribution in [-0.2, 0) is 6.42 Å². The second-order valence-corrected chi connectivity index (χ2v) is 3.39. The molecule has 0 aliphatic rings. The van der Waals surface area contributed by atoms with E-state index in [1.54, 1.807) is 21.1 Å². The smallest absolute Gasteiger partial charge is 0.125 e. The van der Waals surface area contributed by atoms with Gasteiger partial charge in [-0.15, -0.1) is 0 Å². The summed E-state index contributed by atoms with van der Waals surface area (Å²) in [5, 5.41) is 9.73. The average Bonchev–Trinajstić information content (AvgIpc) is 2.26. The highest BCUT2D eigenvalue weighted by Crippen LogP contribution is 2.34. The topological polar surface area (TPSA) is 38.7 Å². The second kappa shape index (κ2) is 5.03. The lowest BCUT2D eigenvalue weighted by atomic mass is 9.99. The Morgan fingerprint density at radius 3 is 2.13 bits per heavy atom. The first kappa shape index (κ1) is 11.9. The van der Waals surface area contributed by atoms with E-state index in [-0.39, 0.29) is 0 Å². The molecule has 0 bridgehead atoms. The first-order chi connectivity index (χ1) is 7.15. The van der Waals surface area contributed by atoms with Crippen LogP contribution in [0.2, 0.25) is 0 Å². The van der Waals surface area contributed by atoms with Gasteiger partial charge in [-0.2, -0.15) is 0 Å². The number of rotatable bonds is 4. The number of benzene rings is 1. The van der Waals surface area contributed by atoms with Crippen LogP contribution in [0.15, 0.2) is 12.1 Å². The highest BCUT2D eigenvalue weighted by molar-refractivity contribution is 5.49. The molecule has 0 aliphatic heterocycles. The van der Waals surface area contributed by atoms with Crippen molar-refractivity contribution in [3.63, 3.8) is 0 Å². The van der Waals surface area contributed by atoms with E-state index in [0.717, 1.165) is 23.3 Å². The van der Waals surface area contributed by atoms with Crippen molar-refractivity contribution in [3.8, 4) is 11.5 Å². The van der Waals surface area contributed by atoms with Gasteiger partial charge in [0, 0.05) is 11.1 Å². The van der Waals surface area contributed by atoms with Crippen LogP contribution >= 0.6 is 0 Å². The van der Waals surface area contributed by atoms with Crippen molar-refractivity contribution >= 4 is 0 Å². The van der Waals surface area contributed by atoms with E-state index in [9.17, 15) is 5.11 Å². The lowest BCUT2D eigenvalue weighted by molar-refractivity contribution is 0.192. The maximum Gasteiger partial charge on any atom is 0.125 e. The Morgan fingerprint density at radius 2 is 1.73 bits per heavy atom. The van der Waals surface area contributed by atoms with Crippen LogP contribution in [0.3, 0.4) is 0 Å². The number of aliphatic hydroxyl groups is 1. The van der Waals surface area contributed by atoms with Gasteiger partial charge in [0.2, 0.25) is 0 Å². The molecule has 0 radical (unpaired) electrons. The monoisotopic (exact) mass is 210 g/mol. The van der Waals surface area contributed by atoms with Gasteiger partial charge < -0.3 is 14.6 Å². The molecule has 3 heteroatoms. The van der Waals surface area contributed by atoms with Crippen molar-refractivity contribution in [2.45, 2.75) is 26.4 Å². The summed E-state index contributed by atoms with van der Waals surface area (Å²) in [6.07, 6.45) is 0.255. The second-order valence-electron chi connectivity index (χ2n) is 3.39. The molecule has 0 aliphatic carbocycles. The van der Waals surface area contributed by atoms with E-state index >= 15 is 0 Å². The van der Waals surface area contributed by atoms with Crippen LogP contribution in [0.4, 0.5) is 0 Å². The summed E-state index contributed by atoms with van der Waals surface area (Å²) in [6.45, 7) is 3.76. The third kappa shape index (κ3) is 2.23. The minimum Gasteiger partial charge on any atom is -0.496 e. The van der Waals surface area contributed by atoms with Crippen LogP contribution in [0.25, 0.3) is 0 Å². The van der Waals surface area contributed by atoms with Crippen molar-refractivity contribution in [2.75, 3.05) is 14.2 Å². The summed E-state index contributed by atoms with van der Waals surface area (Å²) >= 11 is 0. The Hall–Kier alpha value is -1.22. The largest absolute Gasteiger partial charge is 0.496 e. The van der Waals surface area contributed by atoms with E-state index in [1.165, 1.54) is 0 Å². The minimum atomic E-state index is -0.551. The third-order valence-electron chi connectivity index (χ3n) is 2.49. The quantitative estimate of drug-likeness (QED) is 0.828. The maximum absolute atomic E-state index is 9.73. The Kier molecular flexibility index (Phi) is 3.97. The van der Waals surface area contributed by atoms with Crippen LogP contribution in [0, 0.1) is 0 Å². The molecule has 0 fully saturated rings. The van der Waals surface area contributed by atoms with E-state index in [2.05, 4.69) is 0 Å². The molecule has 0 saturated carbocycles. The van der Waals surface area contributed by atoms with Gasteiger partial charge in [-0.05, 0) is 25.5 Å². The van der Waals surface area contributed by atoms with Crippen molar-refractivity contribution in [2.24, 2.45) is 0 Å². The fourth-order valence-corrected chi connectivity index (χ4v) is 1.82. The van der Waals surface area contributed by atoms with Gasteiger partial charge in [0.25, 0.3) is 0 Å². The van der Waals surface area contributed by atoms with Gasteiger partial charge in [0.15, 0.2) is 0 Å². The van der Waals surface area contributed by atoms with E-state index in [1.807, 2.05) is 19.1 Å². The van der Waals surface area contributed by atoms with Crippen LogP contribution in [-0.4, -0.2) is 19.3 Å². The van der Waals surface area contributed by atoms with Crippen molar-refractivity contribution in [1.29, 1.82) is 0 Å². The summed E-state index contributed by atoms with van der Waals surface area (Å²) in [5.41, 5.74) is 1.83. The number of aliphatic hydroxyl groups excluding tert-OH is 1. The Labute approximate surface area is 90.6 Å². The van der Waals surface area contributed by atoms with Crippen LogP contribution < -0.4 is 9.47 Å². The van der Waals surface area contributed by atoms with Gasteiger partial charge in [0.1, 0.15) is 11.5 Å². The lowest BCUT2D eigenvalue weighted by Crippen LogP contribution is -2.03. The average molecular weight is 210 g/mol. The predicted molar refractivity (Wildman–Crippen MR) is 59.6 cm³/mol. The lowest BCUT2D eigenvalue weighted by Gasteiger charge is -2.18. The summed E-state index contributed by atoms with van der Waals surface area (Å²) in [7, 11) is 3.24. The molecule has 0 aromatic heterocycles. The molecule has 3 nitrogen and oxygen atoms in total. The SMILES string of the molecule is CCc1c(OC)ccc(OC)c1C(C)O. The first-order valence-electron chi connectivity index (χ1n) is 5.07. The van der Waals surface area contributed by atoms with Crippen molar-refractivity contribution < 1.29 is 14.6 Å². The zero-order chi connectivity index (χ0) is 11.4. The molecule has 1 N–H and O–H groups in total. The molecule has 15 heavy (non-hydrogen) atoms. The third-order valence-corrected chi connectivity index (χ3v) is 2.49. The van der Waals surface area contributed by atoms with Crippen molar-refractivity contribution in [3.05, 3.63) is 23.3 Å². The molecule has 0 spiro atoms. The maximum atomic E-state index is 9.73. The fourth-order valence-electron chi connectivity index (χ4n) is 1.82. The molecule has 1 aromatic carbocycles. The van der Waals surface area contributed by atoms with E-state index < -0.39 is 6.10 Å². The zero-order valence-corrected chi connectivity index (χ0v) is 9.70. The standard InChI is InChI=1S/C12H18O3/c1-5-9-10(14-3)6-7-11(15-4)12(9)8(2)13/h6-8,13H,5H2,1-4H3. The molecular formula is C12H18O3. The molecule has 0 heterocycles. The Balaban J connectivity index is 3.37. The summed E-state index contributed by atoms with van der Waals surface area (Å²) in [5.74, 6) is 1.51. The Morgan fingerprint density at radius 1 is 1.20 bits per heavy atom. The number of methoxy groups -OCH3 is 2. The van der Waals surface area contributed by atoms with Crippen LogP contribution in [0.5, 0.6) is 11.5 Å². The Bertz CT molecular complexity index is 332. The summed E-state index contributed by atoms with van der Waals surface area (Å²) in [4.78, 5) is 0. The number of hydrogen-bond acceptors (Lipinski definition) is 3. The molecule has 1 atom stereocenters. The molecule has 0 amide bonds. The highest BCUT2D eigenvalue weighted by Gasteiger charge is 2.16. The number of ether oxygens (including phenoxy) is 2. The first-order valence-corrected chi connectivity index (χ1v) is 5.07. The summed E-state index contributed by atoms with van der Waals surface area (Å²) < 4.78 is 10.5. The van der Waals surface area contributed by atoms with Gasteiger partial charge in [0.05, 0.1) is 20.3 Å². The minimum absolute atomic E-state index is 0.551. The predicted octanol–water partition coefficient (Wildman–Crippen LogP) is 2.32. The van der Waals surface area contributed by atoms with Gasteiger partial charge in [-0.25, -0.2) is 0 Å². The van der Waals surface area contributed by atoms with Crippen LogP contribution in [0.1, 0.15) is 31.1 Å². The zero-order valence-electron chi connectivity index (χ0n) is 9.70. The van der Waals surface area contributed by atoms with Gasteiger partial charge in [-0.3, -0.25) is 0 Å². The van der Waals surface area contributed by atoms with Gasteiger partial charge in [-0.1, -0.05) is 6.92 Å². The van der Waals surface area contributed by atoms with E-state index in [4.69, 9.17) is 9.47 Å². The van der Waals surface area contributed by atoms with E-state index in [0.29, 0.717) is 5.75 Å². The molecular weight excluding hydrogens is 192 g/mol. The molecule has 1 aromatic rings. The molecule has 1 rings (SSSR count). The highest BCUT2D eigenvalue weighted by atomic mass is 16.5. The molecule has 1 unspecified atom stereocenters. The molecule has 0 saturated heterocycles. The van der Waals surface area contributed by atoms with Crippen molar-refractivity contribution in [1.82, 2.24) is 0 Å². The summed E-state index contributed by atoms with van der Waals surface area (Å²) in [6, 6.07) is 3.68. The fraction of sp³-hybridized carbons (Fsp3) is 0.500. The van der Waals surface area contributed by atoms with Gasteiger partial charge >= 0.3 is 0 Å². The molecule has 84 valence electrons. The normalized spacial score (nSPS) is 12.3.